The molecule has 0 spiro atoms. The molecule has 1 amide bonds. The number of methoxy groups -OCH3 is 1. The highest BCUT2D eigenvalue weighted by Gasteiger charge is 2.35. The van der Waals surface area contributed by atoms with Crippen molar-refractivity contribution in [3.05, 3.63) is 24.3 Å². The third kappa shape index (κ3) is 3.29. The Morgan fingerprint density at radius 2 is 2.05 bits per heavy atom. The molecule has 1 aromatic carbocycles. The number of ether oxygens (including phenoxy) is 1. The number of hydrogen-bond acceptors (Lipinski definition) is 4. The van der Waals surface area contributed by atoms with E-state index in [4.69, 9.17) is 4.74 Å². The molecule has 1 aliphatic rings. The van der Waals surface area contributed by atoms with Gasteiger partial charge in [0.2, 0.25) is 5.91 Å². The van der Waals surface area contributed by atoms with Gasteiger partial charge in [-0.2, -0.15) is 0 Å². The summed E-state index contributed by atoms with van der Waals surface area (Å²) in [5.74, 6) is 0.746. The third-order valence-electron chi connectivity index (χ3n) is 3.79. The summed E-state index contributed by atoms with van der Waals surface area (Å²) >= 11 is 0. The Hall–Kier alpha value is -1.59. The summed E-state index contributed by atoms with van der Waals surface area (Å²) in [5, 5.41) is 6.27. The van der Waals surface area contributed by atoms with Crippen LogP contribution in [0.15, 0.2) is 24.3 Å². The Morgan fingerprint density at radius 3 is 2.70 bits per heavy atom. The molecule has 2 rings (SSSR count). The maximum absolute atomic E-state index is 12.5. The van der Waals surface area contributed by atoms with E-state index in [1.807, 2.05) is 38.1 Å². The van der Waals surface area contributed by atoms with Gasteiger partial charge in [0.25, 0.3) is 0 Å². The average molecular weight is 277 g/mol. The fourth-order valence-corrected chi connectivity index (χ4v) is 2.35. The molecule has 110 valence electrons. The zero-order valence-corrected chi connectivity index (χ0v) is 12.4. The van der Waals surface area contributed by atoms with Crippen LogP contribution in [0.25, 0.3) is 0 Å². The maximum Gasteiger partial charge on any atom is 0.244 e. The molecule has 0 atom stereocenters. The Labute approximate surface area is 120 Å². The van der Waals surface area contributed by atoms with E-state index in [1.54, 1.807) is 7.11 Å². The van der Waals surface area contributed by atoms with Gasteiger partial charge in [0.05, 0.1) is 12.6 Å². The minimum absolute atomic E-state index is 0.00709. The van der Waals surface area contributed by atoms with Gasteiger partial charge < -0.3 is 15.4 Å². The summed E-state index contributed by atoms with van der Waals surface area (Å²) in [6, 6.07) is 7.42. The normalized spacial score (nSPS) is 16.8. The molecule has 1 aliphatic heterocycles. The first-order valence-corrected chi connectivity index (χ1v) is 6.95. The standard InChI is InChI=1S/C15H23N3O2/c1-15(2,18-9-7-16-8-10-18)14(19)17-12-5-4-6-13(11-12)20-3/h4-6,11,16H,7-10H2,1-3H3,(H,17,19). The lowest BCUT2D eigenvalue weighted by Gasteiger charge is -2.39. The van der Waals surface area contributed by atoms with Crippen LogP contribution in [0.2, 0.25) is 0 Å². The lowest BCUT2D eigenvalue weighted by molar-refractivity contribution is -0.126. The van der Waals surface area contributed by atoms with Gasteiger partial charge in [0.15, 0.2) is 0 Å². The first kappa shape index (κ1) is 14.8. The molecule has 2 N–H and O–H groups in total. The summed E-state index contributed by atoms with van der Waals surface area (Å²) in [6.45, 7) is 7.56. The molecule has 0 saturated carbocycles. The Kier molecular flexibility index (Phi) is 4.62. The zero-order valence-electron chi connectivity index (χ0n) is 12.4. The Morgan fingerprint density at radius 1 is 1.35 bits per heavy atom. The molecule has 0 aromatic heterocycles. The van der Waals surface area contributed by atoms with Crippen LogP contribution in [-0.2, 0) is 4.79 Å². The number of piperazine rings is 1. The number of carbonyl (C=O) groups is 1. The average Bonchev–Trinajstić information content (AvgIpc) is 2.48. The first-order valence-electron chi connectivity index (χ1n) is 6.95. The smallest absolute Gasteiger partial charge is 0.244 e. The Balaban J connectivity index is 2.05. The fourth-order valence-electron chi connectivity index (χ4n) is 2.35. The van der Waals surface area contributed by atoms with Crippen molar-refractivity contribution in [3.63, 3.8) is 0 Å². The number of rotatable bonds is 4. The van der Waals surface area contributed by atoms with Crippen LogP contribution in [0.5, 0.6) is 5.75 Å². The Bertz CT molecular complexity index is 468. The number of hydrogen-bond donors (Lipinski definition) is 2. The van der Waals surface area contributed by atoms with Crippen LogP contribution in [0, 0.1) is 0 Å². The van der Waals surface area contributed by atoms with E-state index in [-0.39, 0.29) is 5.91 Å². The number of anilines is 1. The summed E-state index contributed by atoms with van der Waals surface area (Å²) in [6.07, 6.45) is 0. The maximum atomic E-state index is 12.5. The van der Waals surface area contributed by atoms with Crippen molar-refractivity contribution < 1.29 is 9.53 Å². The quantitative estimate of drug-likeness (QED) is 0.871. The molecule has 0 radical (unpaired) electrons. The molecule has 1 heterocycles. The second-order valence-electron chi connectivity index (χ2n) is 5.48. The van der Waals surface area contributed by atoms with E-state index in [2.05, 4.69) is 15.5 Å². The molecular weight excluding hydrogens is 254 g/mol. The monoisotopic (exact) mass is 277 g/mol. The fraction of sp³-hybridized carbons (Fsp3) is 0.533. The van der Waals surface area contributed by atoms with E-state index < -0.39 is 5.54 Å². The first-order chi connectivity index (χ1) is 9.54. The summed E-state index contributed by atoms with van der Waals surface area (Å²) in [7, 11) is 1.62. The summed E-state index contributed by atoms with van der Waals surface area (Å²) in [5.41, 5.74) is 0.239. The van der Waals surface area contributed by atoms with Gasteiger partial charge in [0, 0.05) is 37.9 Å². The molecule has 1 saturated heterocycles. The van der Waals surface area contributed by atoms with Crippen molar-refractivity contribution in [2.24, 2.45) is 0 Å². The largest absolute Gasteiger partial charge is 0.497 e. The van der Waals surface area contributed by atoms with Crippen LogP contribution in [-0.4, -0.2) is 49.6 Å². The van der Waals surface area contributed by atoms with Gasteiger partial charge in [-0.15, -0.1) is 0 Å². The van der Waals surface area contributed by atoms with Gasteiger partial charge in [-0.05, 0) is 26.0 Å². The van der Waals surface area contributed by atoms with E-state index in [1.165, 1.54) is 0 Å². The van der Waals surface area contributed by atoms with Crippen molar-refractivity contribution in [1.29, 1.82) is 0 Å². The van der Waals surface area contributed by atoms with Crippen LogP contribution in [0.3, 0.4) is 0 Å². The number of nitrogens with zero attached hydrogens (tertiary/aromatic N) is 1. The molecule has 20 heavy (non-hydrogen) atoms. The SMILES string of the molecule is COc1cccc(NC(=O)C(C)(C)N2CCNCC2)c1. The third-order valence-corrected chi connectivity index (χ3v) is 3.79. The molecule has 0 unspecified atom stereocenters. The summed E-state index contributed by atoms with van der Waals surface area (Å²) < 4.78 is 5.17. The second-order valence-corrected chi connectivity index (χ2v) is 5.48. The molecule has 5 heteroatoms. The van der Waals surface area contributed by atoms with Gasteiger partial charge in [0.1, 0.15) is 5.75 Å². The zero-order chi connectivity index (χ0) is 14.6. The molecule has 0 aliphatic carbocycles. The van der Waals surface area contributed by atoms with Crippen LogP contribution in [0.1, 0.15) is 13.8 Å². The van der Waals surface area contributed by atoms with Crippen molar-refractivity contribution >= 4 is 11.6 Å². The van der Waals surface area contributed by atoms with Gasteiger partial charge in [-0.1, -0.05) is 6.07 Å². The van der Waals surface area contributed by atoms with E-state index in [0.29, 0.717) is 0 Å². The predicted octanol–water partition coefficient (Wildman–Crippen LogP) is 1.32. The molecular formula is C15H23N3O2. The highest BCUT2D eigenvalue weighted by atomic mass is 16.5. The van der Waals surface area contributed by atoms with Gasteiger partial charge >= 0.3 is 0 Å². The lowest BCUT2D eigenvalue weighted by Crippen LogP contribution is -2.58. The van der Waals surface area contributed by atoms with Gasteiger partial charge in [-0.3, -0.25) is 9.69 Å². The molecule has 5 nitrogen and oxygen atoms in total. The topological polar surface area (TPSA) is 53.6 Å². The molecule has 0 bridgehead atoms. The number of nitrogens with one attached hydrogen (secondary N) is 2. The number of carbonyl (C=O) groups excluding carboxylic acids is 1. The van der Waals surface area contributed by atoms with E-state index in [9.17, 15) is 4.79 Å². The molecule has 1 fully saturated rings. The predicted molar refractivity (Wildman–Crippen MR) is 80.1 cm³/mol. The van der Waals surface area contributed by atoms with Crippen molar-refractivity contribution in [2.45, 2.75) is 19.4 Å². The molecule has 1 aromatic rings. The number of benzene rings is 1. The number of amides is 1. The highest BCUT2D eigenvalue weighted by molar-refractivity contribution is 5.97. The van der Waals surface area contributed by atoms with Crippen LogP contribution in [0.4, 0.5) is 5.69 Å². The highest BCUT2D eigenvalue weighted by Crippen LogP contribution is 2.21. The van der Waals surface area contributed by atoms with Crippen molar-refractivity contribution in [2.75, 3.05) is 38.6 Å². The van der Waals surface area contributed by atoms with Crippen molar-refractivity contribution in [1.82, 2.24) is 10.2 Å². The minimum atomic E-state index is -0.523. The minimum Gasteiger partial charge on any atom is -0.497 e. The second kappa shape index (κ2) is 6.24. The van der Waals surface area contributed by atoms with Gasteiger partial charge in [-0.25, -0.2) is 0 Å². The lowest BCUT2D eigenvalue weighted by atomic mass is 10.0. The summed E-state index contributed by atoms with van der Waals surface area (Å²) in [4.78, 5) is 14.7. The van der Waals surface area contributed by atoms with Crippen molar-refractivity contribution in [3.8, 4) is 5.75 Å². The van der Waals surface area contributed by atoms with E-state index in [0.717, 1.165) is 37.6 Å². The van der Waals surface area contributed by atoms with Crippen LogP contribution >= 0.6 is 0 Å². The van der Waals surface area contributed by atoms with Crippen LogP contribution < -0.4 is 15.4 Å². The van der Waals surface area contributed by atoms with E-state index >= 15 is 0 Å².